The van der Waals surface area contributed by atoms with Crippen molar-refractivity contribution in [2.45, 2.75) is 19.5 Å². The highest BCUT2D eigenvalue weighted by atomic mass is 35.5. The minimum atomic E-state index is 0.156. The molecule has 2 heterocycles. The van der Waals surface area contributed by atoms with Crippen LogP contribution in [0.15, 0.2) is 47.3 Å². The highest BCUT2D eigenvalue weighted by Crippen LogP contribution is 2.26. The average Bonchev–Trinajstić information content (AvgIpc) is 3.14. The molecule has 0 fully saturated rings. The molecule has 1 N–H and O–H groups in total. The third-order valence-electron chi connectivity index (χ3n) is 3.91. The Morgan fingerprint density at radius 2 is 2.00 bits per heavy atom. The first-order chi connectivity index (χ1) is 10.6. The van der Waals surface area contributed by atoms with Crippen molar-refractivity contribution in [1.29, 1.82) is 0 Å². The van der Waals surface area contributed by atoms with Gasteiger partial charge in [0.2, 0.25) is 0 Å². The lowest BCUT2D eigenvalue weighted by molar-refractivity contribution is 0.604. The summed E-state index contributed by atoms with van der Waals surface area (Å²) in [6.45, 7) is 2.87. The van der Waals surface area contributed by atoms with Crippen LogP contribution in [0, 0.1) is 6.92 Å². The molecule has 0 aliphatic heterocycles. The lowest BCUT2D eigenvalue weighted by Gasteiger charge is -2.18. The summed E-state index contributed by atoms with van der Waals surface area (Å²) in [6, 6.07) is 10.3. The molecule has 22 heavy (non-hydrogen) atoms. The molecule has 0 spiro atoms. The number of rotatable bonds is 5. The Hall–Kier alpha value is -1.62. The predicted octanol–water partition coefficient (Wildman–Crippen LogP) is 4.32. The van der Waals surface area contributed by atoms with E-state index in [4.69, 9.17) is 11.6 Å². The van der Waals surface area contributed by atoms with Gasteiger partial charge in [0.25, 0.3) is 0 Å². The summed E-state index contributed by atoms with van der Waals surface area (Å²) in [6.07, 6.45) is 1.93. The van der Waals surface area contributed by atoms with Crippen molar-refractivity contribution >= 4 is 22.9 Å². The summed E-state index contributed by atoms with van der Waals surface area (Å²) < 4.78 is 1.90. The van der Waals surface area contributed by atoms with E-state index in [1.807, 2.05) is 30.1 Å². The van der Waals surface area contributed by atoms with Gasteiger partial charge in [0, 0.05) is 29.9 Å². The SMILES string of the molecule is Cc1c(CN[C@H](c2ccc(Cl)cc2)c2ccsc2)cnn1C. The van der Waals surface area contributed by atoms with Crippen LogP contribution in [0.2, 0.25) is 5.02 Å². The quantitative estimate of drug-likeness (QED) is 0.754. The number of halogens is 1. The fourth-order valence-corrected chi connectivity index (χ4v) is 3.26. The summed E-state index contributed by atoms with van der Waals surface area (Å²) in [5.41, 5.74) is 4.89. The Balaban J connectivity index is 1.83. The standard InChI is InChI=1S/C17H18ClN3S/c1-12-15(10-20-21(12)2)9-19-17(14-7-8-22-11-14)13-3-5-16(18)6-4-13/h3-8,10-11,17,19H,9H2,1-2H3/t17-/m1/s1. The molecule has 1 aromatic carbocycles. The van der Waals surface area contributed by atoms with E-state index in [1.54, 1.807) is 11.3 Å². The molecule has 114 valence electrons. The Bertz CT molecular complexity index is 732. The third kappa shape index (κ3) is 3.24. The predicted molar refractivity (Wildman–Crippen MR) is 92.4 cm³/mol. The number of nitrogens with one attached hydrogen (secondary N) is 1. The monoisotopic (exact) mass is 331 g/mol. The lowest BCUT2D eigenvalue weighted by atomic mass is 10.0. The smallest absolute Gasteiger partial charge is 0.0587 e. The third-order valence-corrected chi connectivity index (χ3v) is 4.87. The van der Waals surface area contributed by atoms with Crippen molar-refractivity contribution < 1.29 is 0 Å². The van der Waals surface area contributed by atoms with Gasteiger partial charge in [0.1, 0.15) is 0 Å². The molecule has 0 aliphatic carbocycles. The maximum absolute atomic E-state index is 6.01. The second-order valence-electron chi connectivity index (χ2n) is 5.30. The van der Waals surface area contributed by atoms with Crippen molar-refractivity contribution in [3.8, 4) is 0 Å². The minimum Gasteiger partial charge on any atom is -0.302 e. The van der Waals surface area contributed by atoms with Gasteiger partial charge >= 0.3 is 0 Å². The van der Waals surface area contributed by atoms with Crippen molar-refractivity contribution in [3.05, 3.63) is 74.7 Å². The fourth-order valence-electron chi connectivity index (χ4n) is 2.45. The molecule has 0 aliphatic rings. The summed E-state index contributed by atoms with van der Waals surface area (Å²) in [4.78, 5) is 0. The van der Waals surface area contributed by atoms with Gasteiger partial charge in [-0.15, -0.1) is 0 Å². The topological polar surface area (TPSA) is 29.9 Å². The zero-order valence-electron chi connectivity index (χ0n) is 12.6. The Kier molecular flexibility index (Phi) is 4.62. The van der Waals surface area contributed by atoms with Crippen LogP contribution in [0.4, 0.5) is 0 Å². The van der Waals surface area contributed by atoms with Crippen molar-refractivity contribution in [2.75, 3.05) is 0 Å². The number of benzene rings is 1. The maximum Gasteiger partial charge on any atom is 0.0587 e. The second-order valence-corrected chi connectivity index (χ2v) is 6.52. The van der Waals surface area contributed by atoms with E-state index in [-0.39, 0.29) is 6.04 Å². The Labute approximate surface area is 139 Å². The molecular formula is C17H18ClN3S. The van der Waals surface area contributed by atoms with Gasteiger partial charge in [-0.2, -0.15) is 16.4 Å². The number of hydrogen-bond acceptors (Lipinski definition) is 3. The fraction of sp³-hybridized carbons (Fsp3) is 0.235. The van der Waals surface area contributed by atoms with Crippen LogP contribution in [-0.2, 0) is 13.6 Å². The highest BCUT2D eigenvalue weighted by Gasteiger charge is 2.15. The van der Waals surface area contributed by atoms with Crippen molar-refractivity contribution in [1.82, 2.24) is 15.1 Å². The molecule has 3 aromatic rings. The molecule has 3 rings (SSSR count). The molecule has 5 heteroatoms. The van der Waals surface area contributed by atoms with Crippen LogP contribution in [-0.4, -0.2) is 9.78 Å². The van der Waals surface area contributed by atoms with E-state index in [0.717, 1.165) is 11.6 Å². The van der Waals surface area contributed by atoms with Crippen LogP contribution in [0.3, 0.4) is 0 Å². The largest absolute Gasteiger partial charge is 0.302 e. The van der Waals surface area contributed by atoms with Gasteiger partial charge in [-0.1, -0.05) is 23.7 Å². The molecule has 0 saturated carbocycles. The summed E-state index contributed by atoms with van der Waals surface area (Å²) >= 11 is 7.72. The molecule has 2 aromatic heterocycles. The number of aromatic nitrogens is 2. The van der Waals surface area contributed by atoms with Crippen LogP contribution in [0.5, 0.6) is 0 Å². The summed E-state index contributed by atoms with van der Waals surface area (Å²) in [7, 11) is 1.97. The van der Waals surface area contributed by atoms with E-state index in [0.29, 0.717) is 0 Å². The van der Waals surface area contributed by atoms with Gasteiger partial charge in [-0.25, -0.2) is 0 Å². The Morgan fingerprint density at radius 3 is 2.59 bits per heavy atom. The van der Waals surface area contributed by atoms with Gasteiger partial charge < -0.3 is 5.32 Å². The molecule has 3 nitrogen and oxygen atoms in total. The van der Waals surface area contributed by atoms with E-state index in [1.165, 1.54) is 22.4 Å². The van der Waals surface area contributed by atoms with Gasteiger partial charge in [0.15, 0.2) is 0 Å². The molecule has 0 unspecified atom stereocenters. The first-order valence-corrected chi connectivity index (χ1v) is 8.45. The van der Waals surface area contributed by atoms with Crippen LogP contribution >= 0.6 is 22.9 Å². The van der Waals surface area contributed by atoms with Gasteiger partial charge in [-0.05, 0) is 47.0 Å². The maximum atomic E-state index is 6.01. The van der Waals surface area contributed by atoms with E-state index in [9.17, 15) is 0 Å². The number of thiophene rings is 1. The van der Waals surface area contributed by atoms with Crippen LogP contribution in [0.25, 0.3) is 0 Å². The zero-order chi connectivity index (χ0) is 15.5. The summed E-state index contributed by atoms with van der Waals surface area (Å²) in [5.74, 6) is 0. The molecule has 0 amide bonds. The first kappa shape index (κ1) is 15.3. The molecule has 1 atom stereocenters. The normalized spacial score (nSPS) is 12.5. The zero-order valence-corrected chi connectivity index (χ0v) is 14.2. The van der Waals surface area contributed by atoms with Crippen molar-refractivity contribution in [2.24, 2.45) is 7.05 Å². The minimum absolute atomic E-state index is 0.156. The van der Waals surface area contributed by atoms with Crippen LogP contribution < -0.4 is 5.32 Å². The number of nitrogens with zero attached hydrogens (tertiary/aromatic N) is 2. The lowest BCUT2D eigenvalue weighted by Crippen LogP contribution is -2.21. The molecular weight excluding hydrogens is 314 g/mol. The Morgan fingerprint density at radius 1 is 1.23 bits per heavy atom. The van der Waals surface area contributed by atoms with E-state index >= 15 is 0 Å². The number of hydrogen-bond donors (Lipinski definition) is 1. The van der Waals surface area contributed by atoms with Crippen molar-refractivity contribution in [3.63, 3.8) is 0 Å². The van der Waals surface area contributed by atoms with Crippen LogP contribution in [0.1, 0.15) is 28.4 Å². The van der Waals surface area contributed by atoms with Gasteiger partial charge in [-0.3, -0.25) is 4.68 Å². The number of aryl methyl sites for hydroxylation is 1. The highest BCUT2D eigenvalue weighted by molar-refractivity contribution is 7.08. The molecule has 0 radical (unpaired) electrons. The van der Waals surface area contributed by atoms with E-state index in [2.05, 4.69) is 46.3 Å². The first-order valence-electron chi connectivity index (χ1n) is 7.13. The second kappa shape index (κ2) is 6.65. The summed E-state index contributed by atoms with van der Waals surface area (Å²) in [5, 5.41) is 13.0. The van der Waals surface area contributed by atoms with Gasteiger partial charge in [0.05, 0.1) is 12.2 Å². The van der Waals surface area contributed by atoms with E-state index < -0.39 is 0 Å². The molecule has 0 bridgehead atoms. The molecule has 0 saturated heterocycles. The average molecular weight is 332 g/mol.